The molecule has 0 spiro atoms. The third kappa shape index (κ3) is 9.04. The molecule has 6 rings (SSSR count). The average molecular weight is 671 g/mol. The molecule has 0 N–H and O–H groups in total. The summed E-state index contributed by atoms with van der Waals surface area (Å²) in [7, 11) is 2.14. The minimum atomic E-state index is 0.0683. The lowest BCUT2D eigenvalue weighted by Gasteiger charge is -2.30. The largest absolute Gasteiger partial charge is 0.488 e. The van der Waals surface area contributed by atoms with Crippen molar-refractivity contribution in [1.82, 2.24) is 9.80 Å². The van der Waals surface area contributed by atoms with E-state index >= 15 is 0 Å². The predicted octanol–water partition coefficient (Wildman–Crippen LogP) is 7.87. The highest BCUT2D eigenvalue weighted by molar-refractivity contribution is 5.82. The van der Waals surface area contributed by atoms with Crippen molar-refractivity contribution < 1.29 is 23.9 Å². The standard InChI is InChI=1S/C22H23NO3.C21H23NO2/c1-16-7-6-10-22(21(16)14-24)26-15-19-13-23(17(2)25)12-11-20(19)18-8-4-3-5-9-18;1-16-7-6-10-21(20(16)14-23)24-15-18-11-12-22(2)13-19(18)17-8-4-3-5-9-17/h3-10,14H,11-13,15H2,1-2H3;3-10,14H,11-13,15H2,1-2H3. The number of likely N-dealkylation sites (N-methyl/N-ethyl adjacent to an activating group) is 1. The summed E-state index contributed by atoms with van der Waals surface area (Å²) in [5.41, 5.74) is 10.4. The van der Waals surface area contributed by atoms with E-state index in [0.717, 1.165) is 60.8 Å². The number of aldehydes is 2. The molecule has 0 bridgehead atoms. The van der Waals surface area contributed by atoms with Crippen LogP contribution in [0.2, 0.25) is 0 Å². The number of carbonyl (C=O) groups is 3. The second-order valence-corrected chi connectivity index (χ2v) is 12.9. The van der Waals surface area contributed by atoms with E-state index in [-0.39, 0.29) is 5.91 Å². The molecule has 0 atom stereocenters. The first-order valence-corrected chi connectivity index (χ1v) is 17.1. The minimum Gasteiger partial charge on any atom is -0.488 e. The minimum absolute atomic E-state index is 0.0683. The molecule has 0 saturated carbocycles. The third-order valence-corrected chi connectivity index (χ3v) is 9.39. The van der Waals surface area contributed by atoms with Gasteiger partial charge in [0, 0.05) is 33.1 Å². The molecule has 0 aliphatic carbocycles. The molecule has 0 aromatic heterocycles. The summed E-state index contributed by atoms with van der Waals surface area (Å²) >= 11 is 0. The summed E-state index contributed by atoms with van der Waals surface area (Å²) in [6, 6.07) is 32.0. The Morgan fingerprint density at radius 2 is 1.16 bits per heavy atom. The van der Waals surface area contributed by atoms with Gasteiger partial charge in [-0.15, -0.1) is 0 Å². The molecular formula is C43H46N2O5. The molecule has 7 heteroatoms. The lowest BCUT2D eigenvalue weighted by atomic mass is 9.93. The SMILES string of the molecule is CC(=O)N1CCC(c2ccccc2)=C(COc2cccc(C)c2C=O)C1.Cc1cccc(OCC2=C(c3ccccc3)CN(C)CC2)c1C=O. The molecule has 2 aliphatic heterocycles. The molecule has 50 heavy (non-hydrogen) atoms. The first kappa shape index (κ1) is 36.0. The van der Waals surface area contributed by atoms with E-state index in [2.05, 4.69) is 48.3 Å². The van der Waals surface area contributed by atoms with E-state index in [9.17, 15) is 14.4 Å². The molecule has 2 heterocycles. The maximum Gasteiger partial charge on any atom is 0.219 e. The smallest absolute Gasteiger partial charge is 0.219 e. The number of hydrogen-bond donors (Lipinski definition) is 0. The highest BCUT2D eigenvalue weighted by atomic mass is 16.5. The van der Waals surface area contributed by atoms with Crippen LogP contribution in [0.1, 0.15) is 62.7 Å². The van der Waals surface area contributed by atoms with Gasteiger partial charge in [-0.25, -0.2) is 0 Å². The van der Waals surface area contributed by atoms with E-state index in [1.807, 2.05) is 79.4 Å². The number of benzene rings is 4. The van der Waals surface area contributed by atoms with Crippen molar-refractivity contribution in [3.05, 3.63) is 142 Å². The van der Waals surface area contributed by atoms with Crippen LogP contribution < -0.4 is 9.47 Å². The van der Waals surface area contributed by atoms with Crippen LogP contribution in [0.3, 0.4) is 0 Å². The topological polar surface area (TPSA) is 76.2 Å². The summed E-state index contributed by atoms with van der Waals surface area (Å²) in [4.78, 5) is 38.7. The maximum absolute atomic E-state index is 11.8. The lowest BCUT2D eigenvalue weighted by molar-refractivity contribution is -0.128. The van der Waals surface area contributed by atoms with Gasteiger partial charge in [0.2, 0.25) is 5.91 Å². The van der Waals surface area contributed by atoms with Crippen molar-refractivity contribution in [3.63, 3.8) is 0 Å². The van der Waals surface area contributed by atoms with Gasteiger partial charge in [0.15, 0.2) is 12.6 Å². The zero-order valence-electron chi connectivity index (χ0n) is 29.5. The van der Waals surface area contributed by atoms with Crippen molar-refractivity contribution in [1.29, 1.82) is 0 Å². The van der Waals surface area contributed by atoms with Gasteiger partial charge < -0.3 is 19.3 Å². The van der Waals surface area contributed by atoms with Crippen LogP contribution in [0, 0.1) is 13.8 Å². The summed E-state index contributed by atoms with van der Waals surface area (Å²) in [5, 5.41) is 0. The van der Waals surface area contributed by atoms with Gasteiger partial charge in [-0.1, -0.05) is 84.9 Å². The summed E-state index contributed by atoms with van der Waals surface area (Å²) in [5.74, 6) is 1.32. The molecule has 0 fully saturated rings. The zero-order chi connectivity index (χ0) is 35.5. The van der Waals surface area contributed by atoms with Gasteiger partial charge >= 0.3 is 0 Å². The van der Waals surface area contributed by atoms with Gasteiger partial charge in [-0.2, -0.15) is 0 Å². The van der Waals surface area contributed by atoms with Crippen molar-refractivity contribution in [2.45, 2.75) is 33.6 Å². The lowest BCUT2D eigenvalue weighted by Crippen LogP contribution is -2.36. The van der Waals surface area contributed by atoms with Gasteiger partial charge in [-0.3, -0.25) is 14.4 Å². The molecule has 2 aliphatic rings. The van der Waals surface area contributed by atoms with Crippen LogP contribution in [0.15, 0.2) is 108 Å². The fraction of sp³-hybridized carbons (Fsp3) is 0.279. The second-order valence-electron chi connectivity index (χ2n) is 12.9. The van der Waals surface area contributed by atoms with Gasteiger partial charge in [0.25, 0.3) is 0 Å². The van der Waals surface area contributed by atoms with Gasteiger partial charge in [-0.05, 0) is 90.4 Å². The molecule has 7 nitrogen and oxygen atoms in total. The Labute approximate surface area is 295 Å². The highest BCUT2D eigenvalue weighted by Crippen LogP contribution is 2.30. The van der Waals surface area contributed by atoms with Crippen LogP contribution in [0.25, 0.3) is 11.1 Å². The van der Waals surface area contributed by atoms with Gasteiger partial charge in [0.05, 0.1) is 11.1 Å². The summed E-state index contributed by atoms with van der Waals surface area (Å²) < 4.78 is 12.0. The number of aryl methyl sites for hydroxylation is 2. The predicted molar refractivity (Wildman–Crippen MR) is 200 cm³/mol. The molecule has 4 aromatic carbocycles. The Kier molecular flexibility index (Phi) is 12.5. The Morgan fingerprint density at radius 1 is 0.640 bits per heavy atom. The Morgan fingerprint density at radius 3 is 1.68 bits per heavy atom. The number of carbonyl (C=O) groups excluding carboxylic acids is 3. The summed E-state index contributed by atoms with van der Waals surface area (Å²) in [6.45, 7) is 9.54. The quantitative estimate of drug-likeness (QED) is 0.160. The Hall–Kier alpha value is -5.27. The zero-order valence-corrected chi connectivity index (χ0v) is 29.5. The molecule has 0 unspecified atom stereocenters. The number of ether oxygens (including phenoxy) is 2. The molecule has 0 saturated heterocycles. The fourth-order valence-corrected chi connectivity index (χ4v) is 6.44. The van der Waals surface area contributed by atoms with E-state index in [0.29, 0.717) is 48.9 Å². The summed E-state index contributed by atoms with van der Waals surface area (Å²) in [6.07, 6.45) is 3.51. The van der Waals surface area contributed by atoms with E-state index in [1.165, 1.54) is 22.3 Å². The Balaban J connectivity index is 0.000000195. The third-order valence-electron chi connectivity index (χ3n) is 9.39. The number of hydrogen-bond acceptors (Lipinski definition) is 6. The maximum atomic E-state index is 11.8. The first-order valence-electron chi connectivity index (χ1n) is 17.1. The number of amides is 1. The van der Waals surface area contributed by atoms with E-state index in [4.69, 9.17) is 9.47 Å². The molecular weight excluding hydrogens is 624 g/mol. The van der Waals surface area contributed by atoms with Crippen molar-refractivity contribution in [2.24, 2.45) is 0 Å². The van der Waals surface area contributed by atoms with Crippen molar-refractivity contribution in [2.75, 3.05) is 46.4 Å². The second kappa shape index (κ2) is 17.4. The molecule has 0 radical (unpaired) electrons. The monoisotopic (exact) mass is 670 g/mol. The normalized spacial score (nSPS) is 14.8. The first-order chi connectivity index (χ1) is 24.3. The van der Waals surface area contributed by atoms with Crippen LogP contribution >= 0.6 is 0 Å². The van der Waals surface area contributed by atoms with Crippen LogP contribution in [0.4, 0.5) is 0 Å². The average Bonchev–Trinajstić information content (AvgIpc) is 3.14. The van der Waals surface area contributed by atoms with Crippen molar-refractivity contribution in [3.8, 4) is 11.5 Å². The van der Waals surface area contributed by atoms with Gasteiger partial charge in [0.1, 0.15) is 24.7 Å². The number of rotatable bonds is 10. The fourth-order valence-electron chi connectivity index (χ4n) is 6.44. The van der Waals surface area contributed by atoms with Crippen LogP contribution in [-0.4, -0.2) is 74.7 Å². The van der Waals surface area contributed by atoms with Crippen molar-refractivity contribution >= 4 is 29.6 Å². The molecule has 258 valence electrons. The van der Waals surface area contributed by atoms with Crippen LogP contribution in [0.5, 0.6) is 11.5 Å². The molecule has 1 amide bonds. The number of nitrogens with zero attached hydrogens (tertiary/aromatic N) is 2. The van der Waals surface area contributed by atoms with E-state index in [1.54, 1.807) is 6.92 Å². The van der Waals surface area contributed by atoms with E-state index < -0.39 is 0 Å². The highest BCUT2D eigenvalue weighted by Gasteiger charge is 2.23. The Bertz CT molecular complexity index is 1860. The van der Waals surface area contributed by atoms with Crippen LogP contribution in [-0.2, 0) is 4.79 Å². The molecule has 4 aromatic rings.